The normalized spacial score (nSPS) is 10.4. The number of hydrogen-bond donors (Lipinski definition) is 1. The van der Waals surface area contributed by atoms with Gasteiger partial charge in [-0.1, -0.05) is 0 Å². The molecular formula is C11H13N3O2. The van der Waals surface area contributed by atoms with E-state index in [1.54, 1.807) is 7.05 Å². The van der Waals surface area contributed by atoms with Crippen molar-refractivity contribution < 1.29 is 4.74 Å². The van der Waals surface area contributed by atoms with E-state index in [4.69, 9.17) is 4.74 Å². The molecule has 0 aliphatic heterocycles. The maximum Gasteiger partial charge on any atom is 0.343 e. The van der Waals surface area contributed by atoms with E-state index >= 15 is 0 Å². The molecule has 5 nitrogen and oxygen atoms in total. The van der Waals surface area contributed by atoms with Crippen molar-refractivity contribution in [2.24, 2.45) is 7.05 Å². The van der Waals surface area contributed by atoms with Crippen molar-refractivity contribution in [1.82, 2.24) is 14.8 Å². The van der Waals surface area contributed by atoms with Crippen molar-refractivity contribution in [1.29, 1.82) is 0 Å². The first-order chi connectivity index (χ1) is 7.70. The van der Waals surface area contributed by atoms with E-state index in [0.29, 0.717) is 12.4 Å². The number of nitrogens with zero attached hydrogens (tertiary/aromatic N) is 2. The van der Waals surface area contributed by atoms with Crippen LogP contribution in [0.1, 0.15) is 6.92 Å². The van der Waals surface area contributed by atoms with Crippen molar-refractivity contribution in [3.63, 3.8) is 0 Å². The van der Waals surface area contributed by atoms with E-state index in [1.165, 1.54) is 4.68 Å². The summed E-state index contributed by atoms with van der Waals surface area (Å²) in [6.45, 7) is 2.57. The standard InChI is InChI=1S/C11H13N3O2/c1-3-16-9-6-4-8(5-7-9)10-12-11(15)14(2)13-10/h4-7H,3H2,1-2H3,(H,12,13,15). The van der Waals surface area contributed by atoms with Crippen molar-refractivity contribution in [2.75, 3.05) is 6.61 Å². The summed E-state index contributed by atoms with van der Waals surface area (Å²) in [6.07, 6.45) is 0. The van der Waals surface area contributed by atoms with E-state index in [-0.39, 0.29) is 5.69 Å². The van der Waals surface area contributed by atoms with Gasteiger partial charge < -0.3 is 4.74 Å². The van der Waals surface area contributed by atoms with E-state index in [0.717, 1.165) is 11.3 Å². The van der Waals surface area contributed by atoms with Gasteiger partial charge in [-0.15, -0.1) is 0 Å². The molecule has 0 atom stereocenters. The van der Waals surface area contributed by atoms with Crippen molar-refractivity contribution in [2.45, 2.75) is 6.92 Å². The fraction of sp³-hybridized carbons (Fsp3) is 0.273. The minimum Gasteiger partial charge on any atom is -0.494 e. The Balaban J connectivity index is 2.31. The molecule has 0 fully saturated rings. The lowest BCUT2D eigenvalue weighted by Crippen LogP contribution is -2.13. The number of rotatable bonds is 3. The first-order valence-corrected chi connectivity index (χ1v) is 5.07. The van der Waals surface area contributed by atoms with Crippen molar-refractivity contribution in [3.8, 4) is 17.1 Å². The second kappa shape index (κ2) is 4.22. The molecule has 0 aliphatic carbocycles. The van der Waals surface area contributed by atoms with Crippen LogP contribution >= 0.6 is 0 Å². The Hall–Kier alpha value is -2.04. The van der Waals surface area contributed by atoms with Crippen LogP contribution in [-0.4, -0.2) is 21.4 Å². The SMILES string of the molecule is CCOc1ccc(-c2nn(C)c(=O)[nH]2)cc1. The summed E-state index contributed by atoms with van der Waals surface area (Å²) < 4.78 is 6.60. The summed E-state index contributed by atoms with van der Waals surface area (Å²) in [6, 6.07) is 7.43. The highest BCUT2D eigenvalue weighted by atomic mass is 16.5. The first kappa shape index (κ1) is 10.5. The predicted molar refractivity (Wildman–Crippen MR) is 60.4 cm³/mol. The molecule has 2 aromatic rings. The molecule has 0 bridgehead atoms. The molecule has 1 aromatic carbocycles. The molecule has 1 aromatic heterocycles. The van der Waals surface area contributed by atoms with Gasteiger partial charge >= 0.3 is 5.69 Å². The second-order valence-corrected chi connectivity index (χ2v) is 3.36. The van der Waals surface area contributed by atoms with Crippen LogP contribution in [0, 0.1) is 0 Å². The van der Waals surface area contributed by atoms with Gasteiger partial charge in [0.1, 0.15) is 5.75 Å². The molecule has 0 saturated carbocycles. The fourth-order valence-electron chi connectivity index (χ4n) is 1.41. The Morgan fingerprint density at radius 1 is 1.38 bits per heavy atom. The molecule has 16 heavy (non-hydrogen) atoms. The second-order valence-electron chi connectivity index (χ2n) is 3.36. The highest BCUT2D eigenvalue weighted by Gasteiger charge is 2.04. The van der Waals surface area contributed by atoms with Gasteiger partial charge in [0.25, 0.3) is 0 Å². The van der Waals surface area contributed by atoms with E-state index in [9.17, 15) is 4.79 Å². The Bertz CT molecular complexity index is 525. The average molecular weight is 219 g/mol. The van der Waals surface area contributed by atoms with E-state index < -0.39 is 0 Å². The highest BCUT2D eigenvalue weighted by Crippen LogP contribution is 2.18. The third-order valence-electron chi connectivity index (χ3n) is 2.21. The summed E-state index contributed by atoms with van der Waals surface area (Å²) in [5.74, 6) is 1.38. The van der Waals surface area contributed by atoms with Gasteiger partial charge in [0, 0.05) is 12.6 Å². The number of aromatic amines is 1. The number of nitrogens with one attached hydrogen (secondary N) is 1. The van der Waals surface area contributed by atoms with Gasteiger partial charge in [-0.25, -0.2) is 9.48 Å². The van der Waals surface area contributed by atoms with Crippen LogP contribution in [0.4, 0.5) is 0 Å². The highest BCUT2D eigenvalue weighted by molar-refractivity contribution is 5.55. The van der Waals surface area contributed by atoms with Gasteiger partial charge in [0.15, 0.2) is 5.82 Å². The van der Waals surface area contributed by atoms with Crippen LogP contribution in [0.25, 0.3) is 11.4 Å². The maximum atomic E-state index is 11.2. The topological polar surface area (TPSA) is 59.9 Å². The first-order valence-electron chi connectivity index (χ1n) is 5.07. The number of aryl methyl sites for hydroxylation is 1. The Morgan fingerprint density at radius 2 is 2.06 bits per heavy atom. The van der Waals surface area contributed by atoms with Gasteiger partial charge in [0.05, 0.1) is 6.61 Å². The minimum absolute atomic E-state index is 0.219. The Kier molecular flexibility index (Phi) is 2.76. The van der Waals surface area contributed by atoms with Gasteiger partial charge in [-0.2, -0.15) is 5.10 Å². The Morgan fingerprint density at radius 3 is 2.56 bits per heavy atom. The number of aromatic nitrogens is 3. The van der Waals surface area contributed by atoms with E-state index in [2.05, 4.69) is 10.1 Å². The van der Waals surface area contributed by atoms with Crippen LogP contribution < -0.4 is 10.4 Å². The quantitative estimate of drug-likeness (QED) is 0.843. The number of hydrogen-bond acceptors (Lipinski definition) is 3. The molecule has 5 heteroatoms. The third kappa shape index (κ3) is 1.98. The third-order valence-corrected chi connectivity index (χ3v) is 2.21. The average Bonchev–Trinajstić information content (AvgIpc) is 2.61. The fourth-order valence-corrected chi connectivity index (χ4v) is 1.41. The monoisotopic (exact) mass is 219 g/mol. The van der Waals surface area contributed by atoms with Crippen LogP contribution in [0.5, 0.6) is 5.75 Å². The zero-order valence-corrected chi connectivity index (χ0v) is 9.23. The summed E-state index contributed by atoms with van der Waals surface area (Å²) in [5, 5.41) is 4.06. The molecule has 0 radical (unpaired) electrons. The molecule has 2 rings (SSSR count). The van der Waals surface area contributed by atoms with Crippen molar-refractivity contribution in [3.05, 3.63) is 34.7 Å². The molecule has 84 valence electrons. The summed E-state index contributed by atoms with van der Waals surface area (Å²) in [4.78, 5) is 13.9. The molecule has 0 saturated heterocycles. The summed E-state index contributed by atoms with van der Waals surface area (Å²) in [7, 11) is 1.61. The van der Waals surface area contributed by atoms with Gasteiger partial charge in [0.2, 0.25) is 0 Å². The molecule has 1 heterocycles. The molecular weight excluding hydrogens is 206 g/mol. The smallest absolute Gasteiger partial charge is 0.343 e. The number of ether oxygens (including phenoxy) is 1. The number of benzene rings is 1. The lowest BCUT2D eigenvalue weighted by atomic mass is 10.2. The van der Waals surface area contributed by atoms with Crippen LogP contribution in [0.2, 0.25) is 0 Å². The minimum atomic E-state index is -0.219. The lowest BCUT2D eigenvalue weighted by molar-refractivity contribution is 0.340. The maximum absolute atomic E-state index is 11.2. The summed E-state index contributed by atoms with van der Waals surface area (Å²) in [5.41, 5.74) is 0.644. The van der Waals surface area contributed by atoms with Gasteiger partial charge in [-0.3, -0.25) is 4.98 Å². The number of H-pyrrole nitrogens is 1. The summed E-state index contributed by atoms with van der Waals surface area (Å²) >= 11 is 0. The molecule has 0 unspecified atom stereocenters. The molecule has 0 spiro atoms. The molecule has 1 N–H and O–H groups in total. The largest absolute Gasteiger partial charge is 0.494 e. The van der Waals surface area contributed by atoms with E-state index in [1.807, 2.05) is 31.2 Å². The predicted octanol–water partition coefficient (Wildman–Crippen LogP) is 1.17. The zero-order valence-electron chi connectivity index (χ0n) is 9.23. The van der Waals surface area contributed by atoms with Gasteiger partial charge in [-0.05, 0) is 31.2 Å². The molecule has 0 aliphatic rings. The molecule has 0 amide bonds. The van der Waals surface area contributed by atoms with Crippen molar-refractivity contribution >= 4 is 0 Å². The lowest BCUT2D eigenvalue weighted by Gasteiger charge is -2.02. The zero-order chi connectivity index (χ0) is 11.5. The Labute approximate surface area is 92.7 Å². The van der Waals surface area contributed by atoms with Crippen LogP contribution in [0.15, 0.2) is 29.1 Å². The van der Waals surface area contributed by atoms with Crippen LogP contribution in [-0.2, 0) is 7.05 Å². The van der Waals surface area contributed by atoms with Crippen LogP contribution in [0.3, 0.4) is 0 Å².